The average molecular weight is 215 g/mol. The van der Waals surface area contributed by atoms with Crippen molar-refractivity contribution in [1.82, 2.24) is 0 Å². The molecule has 0 radical (unpaired) electrons. The number of hydrogen-bond acceptors (Lipinski definition) is 2. The molecule has 0 unspecified atom stereocenters. The summed E-state index contributed by atoms with van der Waals surface area (Å²) < 4.78 is 5.27. The first kappa shape index (κ1) is 10.9. The number of benzene rings is 1. The fraction of sp³-hybridized carbons (Fsp3) is 0.300. The van der Waals surface area contributed by atoms with E-state index >= 15 is 0 Å². The van der Waals surface area contributed by atoms with Gasteiger partial charge < -0.3 is 9.84 Å². The van der Waals surface area contributed by atoms with Crippen LogP contribution in [-0.2, 0) is 0 Å². The minimum absolute atomic E-state index is 0.103. The molecule has 0 aliphatic carbocycles. The van der Waals surface area contributed by atoms with Crippen molar-refractivity contribution in [2.45, 2.75) is 13.3 Å². The van der Waals surface area contributed by atoms with E-state index in [9.17, 15) is 4.79 Å². The maximum absolute atomic E-state index is 10.8. The SMILES string of the molecule is CCCOc1c(Cl)cccc1C(=O)O. The topological polar surface area (TPSA) is 46.5 Å². The van der Waals surface area contributed by atoms with Gasteiger partial charge in [0.05, 0.1) is 11.6 Å². The van der Waals surface area contributed by atoms with E-state index in [1.165, 1.54) is 6.07 Å². The Balaban J connectivity index is 3.02. The van der Waals surface area contributed by atoms with Crippen LogP contribution in [0.5, 0.6) is 5.75 Å². The minimum atomic E-state index is -1.03. The Morgan fingerprint density at radius 2 is 2.29 bits per heavy atom. The number of rotatable bonds is 4. The summed E-state index contributed by atoms with van der Waals surface area (Å²) in [4.78, 5) is 10.8. The molecule has 3 nitrogen and oxygen atoms in total. The Bertz CT molecular complexity index is 336. The molecule has 0 aromatic heterocycles. The third kappa shape index (κ3) is 2.39. The van der Waals surface area contributed by atoms with Crippen LogP contribution in [0.25, 0.3) is 0 Å². The Morgan fingerprint density at radius 3 is 2.86 bits per heavy atom. The summed E-state index contributed by atoms with van der Waals surface area (Å²) in [6.45, 7) is 2.40. The Hall–Kier alpha value is -1.22. The summed E-state index contributed by atoms with van der Waals surface area (Å²) in [5.74, 6) is -0.776. The molecule has 0 spiro atoms. The highest BCUT2D eigenvalue weighted by atomic mass is 35.5. The zero-order valence-electron chi connectivity index (χ0n) is 7.79. The lowest BCUT2D eigenvalue weighted by Crippen LogP contribution is -2.04. The summed E-state index contributed by atoms with van der Waals surface area (Å²) in [7, 11) is 0. The van der Waals surface area contributed by atoms with Gasteiger partial charge in [0.1, 0.15) is 5.56 Å². The zero-order chi connectivity index (χ0) is 10.6. The van der Waals surface area contributed by atoms with E-state index in [2.05, 4.69) is 0 Å². The lowest BCUT2D eigenvalue weighted by atomic mass is 10.2. The molecular weight excluding hydrogens is 204 g/mol. The maximum atomic E-state index is 10.8. The lowest BCUT2D eigenvalue weighted by Gasteiger charge is -2.09. The molecule has 1 N–H and O–H groups in total. The summed E-state index contributed by atoms with van der Waals surface area (Å²) >= 11 is 5.82. The van der Waals surface area contributed by atoms with Crippen LogP contribution in [0.2, 0.25) is 5.02 Å². The van der Waals surface area contributed by atoms with Gasteiger partial charge in [-0.05, 0) is 18.6 Å². The number of aromatic carboxylic acids is 1. The molecule has 4 heteroatoms. The second kappa shape index (κ2) is 4.86. The predicted molar refractivity (Wildman–Crippen MR) is 54.2 cm³/mol. The van der Waals surface area contributed by atoms with Crippen molar-refractivity contribution >= 4 is 17.6 Å². The van der Waals surface area contributed by atoms with E-state index in [-0.39, 0.29) is 11.3 Å². The van der Waals surface area contributed by atoms with Crippen molar-refractivity contribution in [3.05, 3.63) is 28.8 Å². The van der Waals surface area contributed by atoms with Crippen molar-refractivity contribution < 1.29 is 14.6 Å². The summed E-state index contributed by atoms with van der Waals surface area (Å²) in [6.07, 6.45) is 0.810. The lowest BCUT2D eigenvalue weighted by molar-refractivity contribution is 0.0692. The molecule has 0 aliphatic rings. The molecule has 0 fully saturated rings. The summed E-state index contributed by atoms with van der Waals surface area (Å²) in [5, 5.41) is 9.18. The van der Waals surface area contributed by atoms with E-state index in [0.29, 0.717) is 11.6 Å². The van der Waals surface area contributed by atoms with E-state index in [4.69, 9.17) is 21.4 Å². The zero-order valence-corrected chi connectivity index (χ0v) is 8.54. The van der Waals surface area contributed by atoms with Crippen molar-refractivity contribution in [3.63, 3.8) is 0 Å². The van der Waals surface area contributed by atoms with Crippen LogP contribution in [-0.4, -0.2) is 17.7 Å². The van der Waals surface area contributed by atoms with Crippen LogP contribution in [0.15, 0.2) is 18.2 Å². The molecule has 0 aliphatic heterocycles. The van der Waals surface area contributed by atoms with Gasteiger partial charge in [-0.25, -0.2) is 4.79 Å². The van der Waals surface area contributed by atoms with Crippen LogP contribution in [0.1, 0.15) is 23.7 Å². The second-order valence-electron chi connectivity index (χ2n) is 2.77. The van der Waals surface area contributed by atoms with Gasteiger partial charge in [0.25, 0.3) is 0 Å². The molecule has 0 heterocycles. The maximum Gasteiger partial charge on any atom is 0.339 e. The first-order valence-corrected chi connectivity index (χ1v) is 4.69. The van der Waals surface area contributed by atoms with Gasteiger partial charge in [0.2, 0.25) is 0 Å². The fourth-order valence-electron chi connectivity index (χ4n) is 1.03. The normalized spacial score (nSPS) is 9.86. The number of ether oxygens (including phenoxy) is 1. The molecule has 0 atom stereocenters. The predicted octanol–water partition coefficient (Wildman–Crippen LogP) is 2.83. The Kier molecular flexibility index (Phi) is 3.77. The van der Waals surface area contributed by atoms with Crippen LogP contribution in [0, 0.1) is 0 Å². The van der Waals surface area contributed by atoms with Crippen molar-refractivity contribution in [1.29, 1.82) is 0 Å². The molecular formula is C10H11ClO3. The highest BCUT2D eigenvalue weighted by molar-refractivity contribution is 6.32. The molecule has 0 amide bonds. The largest absolute Gasteiger partial charge is 0.491 e. The quantitative estimate of drug-likeness (QED) is 0.839. The van der Waals surface area contributed by atoms with Gasteiger partial charge in [-0.2, -0.15) is 0 Å². The summed E-state index contributed by atoms with van der Waals surface area (Å²) in [6, 6.07) is 4.67. The van der Waals surface area contributed by atoms with Crippen LogP contribution < -0.4 is 4.74 Å². The number of carboxylic acid groups (broad SMARTS) is 1. The Morgan fingerprint density at radius 1 is 1.57 bits per heavy atom. The molecule has 14 heavy (non-hydrogen) atoms. The molecule has 1 aromatic carbocycles. The number of carbonyl (C=O) groups is 1. The van der Waals surface area contributed by atoms with E-state index in [0.717, 1.165) is 6.42 Å². The highest BCUT2D eigenvalue weighted by Crippen LogP contribution is 2.28. The van der Waals surface area contributed by atoms with Crippen LogP contribution >= 0.6 is 11.6 Å². The molecule has 1 aromatic rings. The monoisotopic (exact) mass is 214 g/mol. The number of para-hydroxylation sites is 1. The molecule has 1 rings (SSSR count). The van der Waals surface area contributed by atoms with Crippen molar-refractivity contribution in [2.75, 3.05) is 6.61 Å². The minimum Gasteiger partial charge on any atom is -0.491 e. The number of hydrogen-bond donors (Lipinski definition) is 1. The number of halogens is 1. The van der Waals surface area contributed by atoms with Crippen LogP contribution in [0.4, 0.5) is 0 Å². The third-order valence-electron chi connectivity index (χ3n) is 1.65. The van der Waals surface area contributed by atoms with Crippen LogP contribution in [0.3, 0.4) is 0 Å². The van der Waals surface area contributed by atoms with Crippen molar-refractivity contribution in [2.24, 2.45) is 0 Å². The molecule has 0 saturated heterocycles. The fourth-order valence-corrected chi connectivity index (χ4v) is 1.26. The molecule has 0 bridgehead atoms. The standard InChI is InChI=1S/C10H11ClO3/c1-2-6-14-9-7(10(12)13)4-3-5-8(9)11/h3-5H,2,6H2,1H3,(H,12,13). The van der Waals surface area contributed by atoms with E-state index < -0.39 is 5.97 Å². The Labute approximate surface area is 87.3 Å². The average Bonchev–Trinajstić information content (AvgIpc) is 2.15. The molecule has 76 valence electrons. The third-order valence-corrected chi connectivity index (χ3v) is 1.95. The van der Waals surface area contributed by atoms with Gasteiger partial charge >= 0.3 is 5.97 Å². The van der Waals surface area contributed by atoms with Gasteiger partial charge in [-0.1, -0.05) is 24.6 Å². The van der Waals surface area contributed by atoms with E-state index in [1.807, 2.05) is 6.92 Å². The van der Waals surface area contributed by atoms with Gasteiger partial charge in [0.15, 0.2) is 5.75 Å². The van der Waals surface area contributed by atoms with E-state index in [1.54, 1.807) is 12.1 Å². The number of carboxylic acids is 1. The van der Waals surface area contributed by atoms with Gasteiger partial charge in [0, 0.05) is 0 Å². The smallest absolute Gasteiger partial charge is 0.339 e. The van der Waals surface area contributed by atoms with Crippen molar-refractivity contribution in [3.8, 4) is 5.75 Å². The first-order chi connectivity index (χ1) is 6.66. The molecule has 0 saturated carbocycles. The highest BCUT2D eigenvalue weighted by Gasteiger charge is 2.13. The van der Waals surface area contributed by atoms with Gasteiger partial charge in [-0.3, -0.25) is 0 Å². The second-order valence-corrected chi connectivity index (χ2v) is 3.18. The first-order valence-electron chi connectivity index (χ1n) is 4.31. The van der Waals surface area contributed by atoms with Gasteiger partial charge in [-0.15, -0.1) is 0 Å². The summed E-state index contributed by atoms with van der Waals surface area (Å²) in [5.41, 5.74) is 0.103.